The summed E-state index contributed by atoms with van der Waals surface area (Å²) in [7, 11) is 0. The number of nitrogens with one attached hydrogen (secondary N) is 2. The van der Waals surface area contributed by atoms with Crippen LogP contribution in [0.4, 0.5) is 5.95 Å². The van der Waals surface area contributed by atoms with Gasteiger partial charge in [0.25, 0.3) is 5.91 Å². The van der Waals surface area contributed by atoms with Gasteiger partial charge >= 0.3 is 0 Å². The molecule has 0 atom stereocenters. The Bertz CT molecular complexity index is 1310. The molecule has 3 aromatic heterocycles. The summed E-state index contributed by atoms with van der Waals surface area (Å²) in [6.07, 6.45) is 0. The number of halogens is 1. The van der Waals surface area contributed by atoms with Crippen LogP contribution in [0.3, 0.4) is 0 Å². The quantitative estimate of drug-likeness (QED) is 0.437. The van der Waals surface area contributed by atoms with Crippen LogP contribution in [0, 0.1) is 6.92 Å². The van der Waals surface area contributed by atoms with Crippen LogP contribution in [-0.2, 0) is 5.54 Å². The van der Waals surface area contributed by atoms with E-state index in [2.05, 4.69) is 46.4 Å². The van der Waals surface area contributed by atoms with Crippen molar-refractivity contribution in [3.8, 4) is 11.4 Å². The first-order chi connectivity index (χ1) is 15.1. The summed E-state index contributed by atoms with van der Waals surface area (Å²) in [6.45, 7) is 12.2. The molecule has 0 aliphatic carbocycles. The molecular formula is C23H26ClN7O. The molecule has 9 heteroatoms. The van der Waals surface area contributed by atoms with Gasteiger partial charge < -0.3 is 0 Å². The number of pyridine rings is 1. The molecule has 4 aromatic rings. The second-order valence-electron chi connectivity index (χ2n) is 9.06. The maximum Gasteiger partial charge on any atom is 0.258 e. The van der Waals surface area contributed by atoms with E-state index in [1.54, 1.807) is 6.07 Å². The third-order valence-electron chi connectivity index (χ3n) is 5.14. The smallest absolute Gasteiger partial charge is 0.258 e. The van der Waals surface area contributed by atoms with Crippen molar-refractivity contribution in [2.45, 2.75) is 53.0 Å². The van der Waals surface area contributed by atoms with Crippen LogP contribution in [0.2, 0.25) is 5.02 Å². The predicted octanol–water partition coefficient (Wildman–Crippen LogP) is 5.31. The van der Waals surface area contributed by atoms with E-state index in [0.717, 1.165) is 16.8 Å². The number of nitrogens with zero attached hydrogens (tertiary/aromatic N) is 5. The highest BCUT2D eigenvalue weighted by molar-refractivity contribution is 6.33. The van der Waals surface area contributed by atoms with Crippen LogP contribution < -0.4 is 5.32 Å². The molecule has 0 unspecified atom stereocenters. The molecule has 4 rings (SSSR count). The second-order valence-corrected chi connectivity index (χ2v) is 9.46. The number of hydrogen-bond donors (Lipinski definition) is 2. The number of aromatic nitrogens is 6. The van der Waals surface area contributed by atoms with Gasteiger partial charge in [0.05, 0.1) is 27.2 Å². The molecular weight excluding hydrogens is 426 g/mol. The van der Waals surface area contributed by atoms with Gasteiger partial charge in [-0.05, 0) is 51.8 Å². The van der Waals surface area contributed by atoms with Gasteiger partial charge in [0.1, 0.15) is 0 Å². The van der Waals surface area contributed by atoms with E-state index in [1.165, 1.54) is 0 Å². The zero-order valence-electron chi connectivity index (χ0n) is 19.0. The Labute approximate surface area is 191 Å². The maximum absolute atomic E-state index is 13.3. The van der Waals surface area contributed by atoms with Crippen LogP contribution in [0.25, 0.3) is 22.4 Å². The van der Waals surface area contributed by atoms with Gasteiger partial charge in [-0.3, -0.25) is 15.2 Å². The first-order valence-electron chi connectivity index (χ1n) is 10.5. The summed E-state index contributed by atoms with van der Waals surface area (Å²) in [5, 5.41) is 15.7. The lowest BCUT2D eigenvalue weighted by atomic mass is 10.0. The fourth-order valence-corrected chi connectivity index (χ4v) is 3.74. The van der Waals surface area contributed by atoms with Crippen molar-refractivity contribution in [2.24, 2.45) is 0 Å². The molecule has 2 N–H and O–H groups in total. The Morgan fingerprint density at radius 1 is 1.19 bits per heavy atom. The van der Waals surface area contributed by atoms with Crippen molar-refractivity contribution in [2.75, 3.05) is 5.32 Å². The number of aromatic amines is 1. The Morgan fingerprint density at radius 3 is 2.56 bits per heavy atom. The fraction of sp³-hybridized carbons (Fsp3) is 0.348. The molecule has 0 bridgehead atoms. The molecule has 0 aliphatic heterocycles. The number of hydrogen-bond acceptors (Lipinski definition) is 5. The van der Waals surface area contributed by atoms with E-state index in [9.17, 15) is 4.79 Å². The van der Waals surface area contributed by atoms with Crippen LogP contribution in [-0.4, -0.2) is 35.9 Å². The molecule has 32 heavy (non-hydrogen) atoms. The molecule has 0 spiro atoms. The van der Waals surface area contributed by atoms with Crippen molar-refractivity contribution in [1.82, 2.24) is 29.9 Å². The largest absolute Gasteiger partial charge is 0.289 e. The molecule has 1 amide bonds. The zero-order chi connectivity index (χ0) is 23.2. The summed E-state index contributed by atoms with van der Waals surface area (Å²) in [4.78, 5) is 22.6. The maximum atomic E-state index is 13.3. The number of carbonyl (C=O) groups is 1. The van der Waals surface area contributed by atoms with Crippen LogP contribution in [0.15, 0.2) is 30.3 Å². The van der Waals surface area contributed by atoms with Gasteiger partial charge in [0, 0.05) is 11.3 Å². The van der Waals surface area contributed by atoms with Gasteiger partial charge in [-0.2, -0.15) is 10.1 Å². The highest BCUT2D eigenvalue weighted by atomic mass is 35.5. The van der Waals surface area contributed by atoms with E-state index in [-0.39, 0.29) is 23.3 Å². The van der Waals surface area contributed by atoms with Gasteiger partial charge in [-0.15, -0.1) is 5.10 Å². The van der Waals surface area contributed by atoms with Crippen molar-refractivity contribution in [1.29, 1.82) is 0 Å². The number of H-pyrrole nitrogens is 1. The normalized spacial score (nSPS) is 12.0. The number of carbonyl (C=O) groups excluding carboxylic acids is 1. The molecule has 166 valence electrons. The first kappa shape index (κ1) is 22.0. The summed E-state index contributed by atoms with van der Waals surface area (Å²) < 4.78 is 1.88. The van der Waals surface area contributed by atoms with Gasteiger partial charge in [-0.1, -0.05) is 37.6 Å². The summed E-state index contributed by atoms with van der Waals surface area (Å²) in [6, 6.07) is 9.13. The van der Waals surface area contributed by atoms with Gasteiger partial charge in [0.15, 0.2) is 11.5 Å². The monoisotopic (exact) mass is 451 g/mol. The predicted molar refractivity (Wildman–Crippen MR) is 126 cm³/mol. The Hall–Kier alpha value is -3.26. The Morgan fingerprint density at radius 2 is 1.91 bits per heavy atom. The van der Waals surface area contributed by atoms with Crippen molar-refractivity contribution >= 4 is 34.5 Å². The van der Waals surface area contributed by atoms with Crippen LogP contribution >= 0.6 is 11.6 Å². The molecule has 0 fully saturated rings. The molecule has 8 nitrogen and oxygen atoms in total. The van der Waals surface area contributed by atoms with Crippen molar-refractivity contribution in [3.63, 3.8) is 0 Å². The number of fused-ring (bicyclic) bond motifs is 1. The standard InChI is InChI=1S/C23H26ClN7O/c1-12(2)17-11-15(18-13(3)30-31(20(18)25-17)23(4,5)6)21(32)27-22-26-19(28-29-22)14-9-7-8-10-16(14)24/h7-12H,1-6H3,(H2,26,27,28,29,32). The minimum atomic E-state index is -0.319. The number of anilines is 1. The Balaban J connectivity index is 1.76. The molecule has 3 heterocycles. The zero-order valence-corrected chi connectivity index (χ0v) is 19.7. The lowest BCUT2D eigenvalue weighted by molar-refractivity contribution is 0.102. The number of amides is 1. The van der Waals surface area contributed by atoms with E-state index in [0.29, 0.717) is 27.6 Å². The lowest BCUT2D eigenvalue weighted by Crippen LogP contribution is -2.24. The van der Waals surface area contributed by atoms with Crippen molar-refractivity contribution in [3.05, 3.63) is 52.3 Å². The fourth-order valence-electron chi connectivity index (χ4n) is 3.51. The van der Waals surface area contributed by atoms with Gasteiger partial charge in [0.2, 0.25) is 5.95 Å². The van der Waals surface area contributed by atoms with Crippen LogP contribution in [0.5, 0.6) is 0 Å². The molecule has 0 saturated carbocycles. The average molecular weight is 452 g/mol. The third kappa shape index (κ3) is 3.98. The van der Waals surface area contributed by atoms with Crippen molar-refractivity contribution < 1.29 is 4.79 Å². The number of rotatable bonds is 4. The summed E-state index contributed by atoms with van der Waals surface area (Å²) >= 11 is 6.25. The topological polar surface area (TPSA) is 101 Å². The molecule has 0 aliphatic rings. The third-order valence-corrected chi connectivity index (χ3v) is 5.47. The molecule has 0 saturated heterocycles. The summed E-state index contributed by atoms with van der Waals surface area (Å²) in [5.74, 6) is 0.470. The summed E-state index contributed by atoms with van der Waals surface area (Å²) in [5.41, 5.74) is 3.18. The van der Waals surface area contributed by atoms with E-state index in [4.69, 9.17) is 16.6 Å². The number of aryl methyl sites for hydroxylation is 1. The lowest BCUT2D eigenvalue weighted by Gasteiger charge is -2.20. The minimum absolute atomic E-state index is 0.143. The van der Waals surface area contributed by atoms with Crippen LogP contribution in [0.1, 0.15) is 62.3 Å². The highest BCUT2D eigenvalue weighted by Gasteiger charge is 2.25. The van der Waals surface area contributed by atoms with E-state index >= 15 is 0 Å². The molecule has 0 radical (unpaired) electrons. The first-order valence-corrected chi connectivity index (χ1v) is 10.8. The van der Waals surface area contributed by atoms with E-state index in [1.807, 2.05) is 49.7 Å². The highest BCUT2D eigenvalue weighted by Crippen LogP contribution is 2.30. The van der Waals surface area contributed by atoms with Gasteiger partial charge in [-0.25, -0.2) is 9.67 Å². The average Bonchev–Trinajstić information content (AvgIpc) is 3.32. The second kappa shape index (κ2) is 8.02. The molecule has 1 aromatic carbocycles. The number of benzene rings is 1. The Kier molecular flexibility index (Phi) is 5.50. The minimum Gasteiger partial charge on any atom is -0.289 e. The SMILES string of the molecule is Cc1nn(C(C)(C)C)c2nc(C(C)C)cc(C(=O)Nc3n[nH]c(-c4ccccc4Cl)n3)c12. The van der Waals surface area contributed by atoms with E-state index < -0.39 is 0 Å².